The van der Waals surface area contributed by atoms with Crippen LogP contribution in [0.5, 0.6) is 0 Å². The Morgan fingerprint density at radius 3 is 2.29 bits per heavy atom. The van der Waals surface area contributed by atoms with Crippen molar-refractivity contribution in [3.8, 4) is 0 Å². The molecule has 186 valence electrons. The van der Waals surface area contributed by atoms with Crippen LogP contribution in [0.25, 0.3) is 0 Å². The Morgan fingerprint density at radius 2 is 1.71 bits per heavy atom. The summed E-state index contributed by atoms with van der Waals surface area (Å²) in [6.07, 6.45) is 0.0345. The molecule has 0 bridgehead atoms. The predicted octanol–water partition coefficient (Wildman–Crippen LogP) is 1.91. The Morgan fingerprint density at radius 1 is 1.09 bits per heavy atom. The molecule has 1 aliphatic rings. The molecule has 0 radical (unpaired) electrons. The number of nitrogens with zero attached hydrogens (tertiary/aromatic N) is 4. The van der Waals surface area contributed by atoms with Crippen LogP contribution in [-0.4, -0.2) is 72.1 Å². The van der Waals surface area contributed by atoms with Gasteiger partial charge in [0.1, 0.15) is 5.82 Å². The minimum Gasteiger partial charge on any atom is -0.455 e. The molecule has 0 atom stereocenters. The molecule has 9 nitrogen and oxygen atoms in total. The summed E-state index contributed by atoms with van der Waals surface area (Å²) in [5, 5.41) is 4.49. The number of benzene rings is 1. The monoisotopic (exact) mass is 494 g/mol. The molecular weight excluding hydrogens is 463 g/mol. The average molecular weight is 495 g/mol. The summed E-state index contributed by atoms with van der Waals surface area (Å²) in [5.41, 5.74) is 2.48. The van der Waals surface area contributed by atoms with Crippen LogP contribution in [-0.2, 0) is 37.3 Å². The summed E-state index contributed by atoms with van der Waals surface area (Å²) < 4.78 is 46.9. The highest BCUT2D eigenvalue weighted by molar-refractivity contribution is 7.89. The molecule has 1 aliphatic heterocycles. The van der Waals surface area contributed by atoms with Crippen molar-refractivity contribution >= 4 is 21.9 Å². The molecule has 3 rings (SSSR count). The van der Waals surface area contributed by atoms with E-state index in [1.165, 1.54) is 21.3 Å². The molecule has 0 saturated carbocycles. The molecule has 0 unspecified atom stereocenters. The lowest BCUT2D eigenvalue weighted by molar-refractivity contribution is -0.152. The number of amides is 1. The maximum absolute atomic E-state index is 13.1. The third-order valence-corrected chi connectivity index (χ3v) is 7.70. The minimum atomic E-state index is -3.77. The lowest BCUT2D eigenvalue weighted by Crippen LogP contribution is -2.51. The first-order chi connectivity index (χ1) is 16.0. The average Bonchev–Trinajstić information content (AvgIpc) is 3.04. The highest BCUT2D eigenvalue weighted by Gasteiger charge is 2.30. The number of sulfonamides is 1. The molecular formula is C23H31FN4O5S. The normalized spacial score (nSPS) is 15.1. The first-order valence-electron chi connectivity index (χ1n) is 11.2. The number of aryl methyl sites for hydroxylation is 1. The number of rotatable bonds is 8. The summed E-state index contributed by atoms with van der Waals surface area (Å²) in [7, 11) is -3.77. The van der Waals surface area contributed by atoms with Crippen molar-refractivity contribution in [1.29, 1.82) is 0 Å². The number of hydrogen-bond donors (Lipinski definition) is 0. The van der Waals surface area contributed by atoms with E-state index < -0.39 is 28.4 Å². The molecule has 2 aromatic rings. The minimum absolute atomic E-state index is 0.00455. The standard InChI is InChI=1S/C23H31FN4O5S/c1-16(2)14-28-18(4)21(17(3)25-28)13-23(30)33-15-22(29)26-9-11-27(12-10-26)34(31,32)20-7-5-19(24)6-8-20/h5-8,16H,9-15H2,1-4H3. The van der Waals surface area contributed by atoms with Crippen molar-refractivity contribution in [3.63, 3.8) is 0 Å². The van der Waals surface area contributed by atoms with Crippen LogP contribution in [0.15, 0.2) is 29.2 Å². The van der Waals surface area contributed by atoms with Gasteiger partial charge in [0.2, 0.25) is 10.0 Å². The fraction of sp³-hybridized carbons (Fsp3) is 0.522. The second-order valence-electron chi connectivity index (χ2n) is 8.80. The highest BCUT2D eigenvalue weighted by atomic mass is 32.2. The number of hydrogen-bond acceptors (Lipinski definition) is 6. The zero-order valence-corrected chi connectivity index (χ0v) is 20.8. The van der Waals surface area contributed by atoms with Crippen LogP contribution in [0.1, 0.15) is 30.8 Å². The maximum Gasteiger partial charge on any atom is 0.310 e. The summed E-state index contributed by atoms with van der Waals surface area (Å²) in [4.78, 5) is 26.3. The first kappa shape index (κ1) is 25.8. The molecule has 2 heterocycles. The van der Waals surface area contributed by atoms with E-state index in [9.17, 15) is 22.4 Å². The van der Waals surface area contributed by atoms with Gasteiger partial charge in [0.15, 0.2) is 6.61 Å². The lowest BCUT2D eigenvalue weighted by atomic mass is 10.1. The highest BCUT2D eigenvalue weighted by Crippen LogP contribution is 2.19. The smallest absolute Gasteiger partial charge is 0.310 e. The fourth-order valence-corrected chi connectivity index (χ4v) is 5.30. The van der Waals surface area contributed by atoms with Gasteiger partial charge in [0.25, 0.3) is 5.91 Å². The largest absolute Gasteiger partial charge is 0.455 e. The van der Waals surface area contributed by atoms with Crippen molar-refractivity contribution < 1.29 is 27.1 Å². The van der Waals surface area contributed by atoms with Gasteiger partial charge >= 0.3 is 5.97 Å². The van der Waals surface area contributed by atoms with Crippen LogP contribution in [0, 0.1) is 25.6 Å². The Balaban J connectivity index is 1.50. The van der Waals surface area contributed by atoms with E-state index in [-0.39, 0.29) is 43.4 Å². The van der Waals surface area contributed by atoms with Crippen LogP contribution in [0.2, 0.25) is 0 Å². The van der Waals surface area contributed by atoms with Crippen molar-refractivity contribution in [2.75, 3.05) is 32.8 Å². The Bertz CT molecular complexity index is 1140. The van der Waals surface area contributed by atoms with E-state index in [1.807, 2.05) is 18.5 Å². The topological polar surface area (TPSA) is 102 Å². The second kappa shape index (κ2) is 10.6. The van der Waals surface area contributed by atoms with E-state index in [4.69, 9.17) is 4.74 Å². The first-order valence-corrected chi connectivity index (χ1v) is 12.6. The van der Waals surface area contributed by atoms with Crippen molar-refractivity contribution in [2.45, 2.75) is 45.6 Å². The van der Waals surface area contributed by atoms with Gasteiger partial charge in [-0.1, -0.05) is 13.8 Å². The van der Waals surface area contributed by atoms with E-state index in [0.717, 1.165) is 35.6 Å². The second-order valence-corrected chi connectivity index (χ2v) is 10.7. The molecule has 0 spiro atoms. The number of halogens is 1. The molecule has 1 saturated heterocycles. The maximum atomic E-state index is 13.1. The number of aromatic nitrogens is 2. The number of piperazine rings is 1. The van der Waals surface area contributed by atoms with E-state index in [0.29, 0.717) is 5.92 Å². The van der Waals surface area contributed by atoms with E-state index in [2.05, 4.69) is 18.9 Å². The molecule has 11 heteroatoms. The molecule has 1 fully saturated rings. The van der Waals surface area contributed by atoms with Gasteiger partial charge in [-0.3, -0.25) is 14.3 Å². The summed E-state index contributed by atoms with van der Waals surface area (Å²) in [6, 6.07) is 4.63. The summed E-state index contributed by atoms with van der Waals surface area (Å²) in [5.74, 6) is -0.988. The number of esters is 1. The molecule has 0 N–H and O–H groups in total. The van der Waals surface area contributed by atoms with Gasteiger partial charge in [0.05, 0.1) is 17.0 Å². The fourth-order valence-electron chi connectivity index (χ4n) is 3.88. The quantitative estimate of drug-likeness (QED) is 0.520. The van der Waals surface area contributed by atoms with Gasteiger partial charge in [-0.05, 0) is 44.0 Å². The SMILES string of the molecule is Cc1nn(CC(C)C)c(C)c1CC(=O)OCC(=O)N1CCN(S(=O)(=O)c2ccc(F)cc2)CC1. The van der Waals surface area contributed by atoms with Gasteiger partial charge in [-0.2, -0.15) is 9.40 Å². The van der Waals surface area contributed by atoms with Gasteiger partial charge in [-0.25, -0.2) is 12.8 Å². The van der Waals surface area contributed by atoms with Crippen LogP contribution >= 0.6 is 0 Å². The van der Waals surface area contributed by atoms with Crippen molar-refractivity contribution in [3.05, 3.63) is 47.0 Å². The van der Waals surface area contributed by atoms with Crippen molar-refractivity contribution in [1.82, 2.24) is 19.0 Å². The van der Waals surface area contributed by atoms with Gasteiger partial charge in [-0.15, -0.1) is 0 Å². The molecule has 1 aromatic heterocycles. The van der Waals surface area contributed by atoms with E-state index >= 15 is 0 Å². The Labute approximate surface area is 199 Å². The molecule has 0 aliphatic carbocycles. The van der Waals surface area contributed by atoms with Gasteiger partial charge in [0, 0.05) is 44.0 Å². The number of carbonyl (C=O) groups excluding carboxylic acids is 2. The molecule has 1 amide bonds. The summed E-state index contributed by atoms with van der Waals surface area (Å²) >= 11 is 0. The molecule has 1 aromatic carbocycles. The number of carbonyl (C=O) groups is 2. The predicted molar refractivity (Wildman–Crippen MR) is 123 cm³/mol. The Hall–Kier alpha value is -2.79. The summed E-state index contributed by atoms with van der Waals surface area (Å²) in [6.45, 7) is 8.85. The van der Waals surface area contributed by atoms with Crippen molar-refractivity contribution in [2.24, 2.45) is 5.92 Å². The third-order valence-electron chi connectivity index (χ3n) is 5.79. The third kappa shape index (κ3) is 6.01. The van der Waals surface area contributed by atoms with Crippen LogP contribution < -0.4 is 0 Å². The van der Waals surface area contributed by atoms with Gasteiger partial charge < -0.3 is 9.64 Å². The zero-order valence-electron chi connectivity index (χ0n) is 20.0. The lowest BCUT2D eigenvalue weighted by Gasteiger charge is -2.33. The van der Waals surface area contributed by atoms with Crippen LogP contribution in [0.3, 0.4) is 0 Å². The van der Waals surface area contributed by atoms with E-state index in [1.54, 1.807) is 0 Å². The zero-order chi connectivity index (χ0) is 25.0. The Kier molecular flexibility index (Phi) is 8.09. The van der Waals surface area contributed by atoms with Crippen LogP contribution in [0.4, 0.5) is 4.39 Å². The number of ether oxygens (including phenoxy) is 1. The molecule has 34 heavy (non-hydrogen) atoms.